The average molecular weight is 572 g/mol. The van der Waals surface area contributed by atoms with Crippen LogP contribution in [0.2, 0.25) is 0 Å². The fourth-order valence-electron chi connectivity index (χ4n) is 3.59. The fraction of sp³-hybridized carbons (Fsp3) is 0.154. The Labute approximate surface area is 226 Å². The molecule has 1 amide bonds. The van der Waals surface area contributed by atoms with Gasteiger partial charge < -0.3 is 14.0 Å². The zero-order valence-corrected chi connectivity index (χ0v) is 22.3. The first-order valence-corrected chi connectivity index (χ1v) is 13.8. The van der Waals surface area contributed by atoms with Crippen LogP contribution in [0.5, 0.6) is 0 Å². The monoisotopic (exact) mass is 571 g/mol. The molecular formula is C26H22FN3O7S2. The number of nitrogens with one attached hydrogen (secondary N) is 1. The molecule has 0 aliphatic heterocycles. The molecule has 13 heteroatoms. The van der Waals surface area contributed by atoms with E-state index in [0.717, 1.165) is 35.6 Å². The fourth-order valence-corrected chi connectivity index (χ4v) is 5.70. The van der Waals surface area contributed by atoms with Gasteiger partial charge in [-0.2, -0.15) is 4.99 Å². The summed E-state index contributed by atoms with van der Waals surface area (Å²) in [5.74, 6) is -2.36. The van der Waals surface area contributed by atoms with Gasteiger partial charge in [0.2, 0.25) is 0 Å². The highest BCUT2D eigenvalue weighted by atomic mass is 32.2. The Morgan fingerprint density at radius 1 is 1.03 bits per heavy atom. The van der Waals surface area contributed by atoms with Gasteiger partial charge in [-0.3, -0.25) is 14.3 Å². The molecule has 1 aromatic heterocycles. The number of anilines is 1. The molecule has 0 radical (unpaired) electrons. The molecule has 0 unspecified atom stereocenters. The zero-order chi connectivity index (χ0) is 28.2. The SMILES string of the molecule is CCOC(=O)Cn1c(=NC(=O)c2cccc(NS(=O)(=O)c3ccc(F)cc3)c2)sc2cc(C(=O)OC)ccc21. The van der Waals surface area contributed by atoms with Gasteiger partial charge in [-0.05, 0) is 67.6 Å². The number of ether oxygens (including phenoxy) is 2. The maximum absolute atomic E-state index is 13.2. The van der Waals surface area contributed by atoms with Crippen LogP contribution < -0.4 is 9.52 Å². The number of benzene rings is 3. The maximum atomic E-state index is 13.2. The van der Waals surface area contributed by atoms with Gasteiger partial charge in [0.1, 0.15) is 12.4 Å². The summed E-state index contributed by atoms with van der Waals surface area (Å²) in [6.45, 7) is 1.61. The molecule has 3 aromatic carbocycles. The normalized spacial score (nSPS) is 11.8. The van der Waals surface area contributed by atoms with E-state index in [1.54, 1.807) is 19.1 Å². The molecule has 202 valence electrons. The maximum Gasteiger partial charge on any atom is 0.337 e. The number of hydrogen-bond donors (Lipinski definition) is 1. The molecule has 0 aliphatic carbocycles. The standard InChI is InChI=1S/C26H22FN3O7S2/c1-3-37-23(31)15-30-21-12-7-17(25(33)36-2)14-22(21)38-26(30)28-24(32)16-5-4-6-19(13-16)29-39(34,35)20-10-8-18(27)9-11-20/h4-14,29H,3,15H2,1-2H3. The van der Waals surface area contributed by atoms with Gasteiger partial charge in [0.15, 0.2) is 4.80 Å². The number of thiazole rings is 1. The number of halogens is 1. The van der Waals surface area contributed by atoms with Crippen molar-refractivity contribution in [2.24, 2.45) is 4.99 Å². The Bertz CT molecular complexity index is 1740. The van der Waals surface area contributed by atoms with E-state index >= 15 is 0 Å². The molecule has 4 aromatic rings. The van der Waals surface area contributed by atoms with Gasteiger partial charge >= 0.3 is 11.9 Å². The van der Waals surface area contributed by atoms with Crippen molar-refractivity contribution in [3.05, 3.63) is 88.5 Å². The van der Waals surface area contributed by atoms with Crippen molar-refractivity contribution in [3.63, 3.8) is 0 Å². The summed E-state index contributed by atoms with van der Waals surface area (Å²) >= 11 is 1.08. The summed E-state index contributed by atoms with van der Waals surface area (Å²) in [5.41, 5.74) is 1.00. The molecule has 39 heavy (non-hydrogen) atoms. The van der Waals surface area contributed by atoms with E-state index in [2.05, 4.69) is 9.71 Å². The quantitative estimate of drug-likeness (QED) is 0.319. The van der Waals surface area contributed by atoms with Crippen LogP contribution in [0.3, 0.4) is 0 Å². The van der Waals surface area contributed by atoms with Crippen molar-refractivity contribution in [2.75, 3.05) is 18.4 Å². The molecule has 1 heterocycles. The van der Waals surface area contributed by atoms with Crippen molar-refractivity contribution in [2.45, 2.75) is 18.4 Å². The number of fused-ring (bicyclic) bond motifs is 1. The van der Waals surface area contributed by atoms with Crippen LogP contribution in [0.25, 0.3) is 10.2 Å². The first-order valence-electron chi connectivity index (χ1n) is 11.5. The predicted octanol–water partition coefficient (Wildman–Crippen LogP) is 3.73. The van der Waals surface area contributed by atoms with Crippen LogP contribution in [0.15, 0.2) is 76.6 Å². The summed E-state index contributed by atoms with van der Waals surface area (Å²) in [6, 6.07) is 14.7. The number of amides is 1. The molecule has 0 fully saturated rings. The third kappa shape index (κ3) is 6.38. The summed E-state index contributed by atoms with van der Waals surface area (Å²) in [6.07, 6.45) is 0. The Kier molecular flexibility index (Phi) is 8.21. The molecule has 0 spiro atoms. The minimum absolute atomic E-state index is 0.0738. The highest BCUT2D eigenvalue weighted by Gasteiger charge is 2.17. The second-order valence-corrected chi connectivity index (χ2v) is 10.7. The van der Waals surface area contributed by atoms with Crippen LogP contribution in [-0.2, 0) is 30.8 Å². The van der Waals surface area contributed by atoms with Crippen LogP contribution in [-0.4, -0.2) is 44.5 Å². The van der Waals surface area contributed by atoms with E-state index < -0.39 is 33.7 Å². The Morgan fingerprint density at radius 3 is 2.46 bits per heavy atom. The zero-order valence-electron chi connectivity index (χ0n) is 20.7. The number of hydrogen-bond acceptors (Lipinski definition) is 8. The number of carbonyl (C=O) groups is 3. The molecule has 0 saturated heterocycles. The topological polar surface area (TPSA) is 133 Å². The Hall–Kier alpha value is -4.36. The summed E-state index contributed by atoms with van der Waals surface area (Å²) in [5, 5.41) is 0. The molecule has 4 rings (SSSR count). The van der Waals surface area contributed by atoms with Crippen LogP contribution >= 0.6 is 11.3 Å². The number of rotatable bonds is 8. The average Bonchev–Trinajstić information content (AvgIpc) is 3.24. The number of carbonyl (C=O) groups excluding carboxylic acids is 3. The third-order valence-electron chi connectivity index (χ3n) is 5.38. The third-order valence-corrected chi connectivity index (χ3v) is 7.82. The molecule has 1 N–H and O–H groups in total. The van der Waals surface area contributed by atoms with Crippen molar-refractivity contribution >= 4 is 55.1 Å². The summed E-state index contributed by atoms with van der Waals surface area (Å²) in [7, 11) is -2.78. The first-order chi connectivity index (χ1) is 18.6. The van der Waals surface area contributed by atoms with Crippen molar-refractivity contribution in [3.8, 4) is 0 Å². The number of aromatic nitrogens is 1. The van der Waals surface area contributed by atoms with Gasteiger partial charge in [0.05, 0.1) is 34.4 Å². The highest BCUT2D eigenvalue weighted by molar-refractivity contribution is 7.92. The van der Waals surface area contributed by atoms with Gasteiger partial charge in [-0.1, -0.05) is 17.4 Å². The Morgan fingerprint density at radius 2 is 1.77 bits per heavy atom. The van der Waals surface area contributed by atoms with E-state index in [-0.39, 0.29) is 39.7 Å². The van der Waals surface area contributed by atoms with Crippen molar-refractivity contribution in [1.29, 1.82) is 0 Å². The lowest BCUT2D eigenvalue weighted by Gasteiger charge is -2.09. The number of methoxy groups -OCH3 is 1. The van der Waals surface area contributed by atoms with Crippen molar-refractivity contribution in [1.82, 2.24) is 4.57 Å². The second-order valence-electron chi connectivity index (χ2n) is 8.01. The minimum Gasteiger partial charge on any atom is -0.465 e. The second kappa shape index (κ2) is 11.6. The van der Waals surface area contributed by atoms with E-state index in [0.29, 0.717) is 10.2 Å². The number of esters is 2. The summed E-state index contributed by atoms with van der Waals surface area (Å²) in [4.78, 5) is 41.6. The lowest BCUT2D eigenvalue weighted by atomic mass is 10.2. The minimum atomic E-state index is -4.04. The molecule has 0 atom stereocenters. The van der Waals surface area contributed by atoms with Gasteiger partial charge in [-0.25, -0.2) is 17.6 Å². The lowest BCUT2D eigenvalue weighted by molar-refractivity contribution is -0.143. The predicted molar refractivity (Wildman–Crippen MR) is 141 cm³/mol. The van der Waals surface area contributed by atoms with Gasteiger partial charge in [-0.15, -0.1) is 0 Å². The molecule has 0 bridgehead atoms. The number of sulfonamides is 1. The van der Waals surface area contributed by atoms with E-state index in [1.165, 1.54) is 42.0 Å². The van der Waals surface area contributed by atoms with E-state index in [4.69, 9.17) is 9.47 Å². The Balaban J connectivity index is 1.70. The number of nitrogens with zero attached hydrogens (tertiary/aromatic N) is 2. The van der Waals surface area contributed by atoms with E-state index in [1.807, 2.05) is 0 Å². The molecular weight excluding hydrogens is 549 g/mol. The lowest BCUT2D eigenvalue weighted by Crippen LogP contribution is -2.23. The van der Waals surface area contributed by atoms with Crippen LogP contribution in [0, 0.1) is 5.82 Å². The smallest absolute Gasteiger partial charge is 0.337 e. The van der Waals surface area contributed by atoms with Crippen LogP contribution in [0.1, 0.15) is 27.6 Å². The molecule has 10 nitrogen and oxygen atoms in total. The first kappa shape index (κ1) is 27.7. The van der Waals surface area contributed by atoms with Gasteiger partial charge in [0, 0.05) is 11.3 Å². The highest BCUT2D eigenvalue weighted by Crippen LogP contribution is 2.21. The van der Waals surface area contributed by atoms with Crippen molar-refractivity contribution < 1.29 is 36.7 Å². The van der Waals surface area contributed by atoms with E-state index in [9.17, 15) is 27.2 Å². The van der Waals surface area contributed by atoms with Crippen LogP contribution in [0.4, 0.5) is 10.1 Å². The van der Waals surface area contributed by atoms with Gasteiger partial charge in [0.25, 0.3) is 15.9 Å². The molecule has 0 aliphatic rings. The largest absolute Gasteiger partial charge is 0.465 e. The summed E-state index contributed by atoms with van der Waals surface area (Å²) < 4.78 is 52.8. The molecule has 0 saturated carbocycles.